The number of rotatable bonds is 3. The van der Waals surface area contributed by atoms with Crippen molar-refractivity contribution in [3.8, 4) is 6.07 Å². The first kappa shape index (κ1) is 11.7. The van der Waals surface area contributed by atoms with E-state index in [9.17, 15) is 5.26 Å². The minimum Gasteiger partial charge on any atom is -0.344 e. The molecule has 0 heterocycles. The standard InChI is InChI=1S/C15H18N2/c1-2-17(14-9-4-3-5-10-14)15-11-7-6-8-13(15)12-16/h3-5,9-10H,2,6-8,11H2,1H3. The van der Waals surface area contributed by atoms with Gasteiger partial charge in [0, 0.05) is 23.5 Å². The van der Waals surface area contributed by atoms with Gasteiger partial charge in [0.2, 0.25) is 0 Å². The quantitative estimate of drug-likeness (QED) is 0.782. The van der Waals surface area contributed by atoms with Crippen LogP contribution in [0.4, 0.5) is 5.69 Å². The molecule has 1 aromatic rings. The molecule has 17 heavy (non-hydrogen) atoms. The summed E-state index contributed by atoms with van der Waals surface area (Å²) in [5.41, 5.74) is 3.40. The highest BCUT2D eigenvalue weighted by Gasteiger charge is 2.18. The summed E-state index contributed by atoms with van der Waals surface area (Å²) < 4.78 is 0. The van der Waals surface area contributed by atoms with Gasteiger partial charge in [0.1, 0.15) is 0 Å². The van der Waals surface area contributed by atoms with Crippen LogP contribution in [-0.2, 0) is 0 Å². The molecule has 2 nitrogen and oxygen atoms in total. The largest absolute Gasteiger partial charge is 0.344 e. The van der Waals surface area contributed by atoms with Crippen LogP contribution in [-0.4, -0.2) is 6.54 Å². The third-order valence-electron chi connectivity index (χ3n) is 3.28. The van der Waals surface area contributed by atoms with Crippen LogP contribution in [0.3, 0.4) is 0 Å². The second-order valence-corrected chi connectivity index (χ2v) is 4.32. The van der Waals surface area contributed by atoms with Crippen molar-refractivity contribution in [2.75, 3.05) is 11.4 Å². The molecule has 0 unspecified atom stereocenters. The van der Waals surface area contributed by atoms with Crippen LogP contribution in [0.2, 0.25) is 0 Å². The Bertz CT molecular complexity index is 440. The average Bonchev–Trinajstić information content (AvgIpc) is 2.41. The van der Waals surface area contributed by atoms with Crippen molar-refractivity contribution in [2.45, 2.75) is 32.6 Å². The molecule has 0 bridgehead atoms. The number of nitrogens with zero attached hydrogens (tertiary/aromatic N) is 2. The number of benzene rings is 1. The lowest BCUT2D eigenvalue weighted by atomic mass is 9.96. The predicted octanol–water partition coefficient (Wildman–Crippen LogP) is 3.86. The fraction of sp³-hybridized carbons (Fsp3) is 0.400. The van der Waals surface area contributed by atoms with Gasteiger partial charge in [-0.05, 0) is 44.7 Å². The van der Waals surface area contributed by atoms with Crippen LogP contribution in [0.25, 0.3) is 0 Å². The molecule has 0 spiro atoms. The van der Waals surface area contributed by atoms with Crippen molar-refractivity contribution >= 4 is 5.69 Å². The fourth-order valence-corrected chi connectivity index (χ4v) is 2.44. The van der Waals surface area contributed by atoms with Gasteiger partial charge in [0.15, 0.2) is 0 Å². The first-order valence-electron chi connectivity index (χ1n) is 6.31. The molecule has 0 amide bonds. The van der Waals surface area contributed by atoms with E-state index in [1.165, 1.54) is 17.8 Å². The van der Waals surface area contributed by atoms with Gasteiger partial charge < -0.3 is 4.90 Å². The number of allylic oxidation sites excluding steroid dienone is 2. The average molecular weight is 226 g/mol. The zero-order chi connectivity index (χ0) is 12.1. The number of nitriles is 1. The first-order chi connectivity index (χ1) is 8.36. The molecule has 1 aromatic carbocycles. The van der Waals surface area contributed by atoms with Gasteiger partial charge in [-0.15, -0.1) is 0 Å². The number of para-hydroxylation sites is 1. The molecular weight excluding hydrogens is 208 g/mol. The molecule has 0 fully saturated rings. The molecule has 2 rings (SSSR count). The maximum Gasteiger partial charge on any atom is 0.0965 e. The van der Waals surface area contributed by atoms with Crippen LogP contribution in [0.5, 0.6) is 0 Å². The van der Waals surface area contributed by atoms with Crippen LogP contribution in [0, 0.1) is 11.3 Å². The number of anilines is 1. The summed E-state index contributed by atoms with van der Waals surface area (Å²) in [7, 11) is 0. The molecular formula is C15H18N2. The minimum atomic E-state index is 0.921. The van der Waals surface area contributed by atoms with E-state index in [0.717, 1.165) is 31.4 Å². The summed E-state index contributed by atoms with van der Waals surface area (Å²) in [6, 6.07) is 12.7. The van der Waals surface area contributed by atoms with Gasteiger partial charge in [-0.3, -0.25) is 0 Å². The predicted molar refractivity (Wildman–Crippen MR) is 70.6 cm³/mol. The molecule has 1 aliphatic rings. The molecule has 1 aliphatic carbocycles. The summed E-state index contributed by atoms with van der Waals surface area (Å²) in [5.74, 6) is 0. The van der Waals surface area contributed by atoms with Gasteiger partial charge >= 0.3 is 0 Å². The Morgan fingerprint density at radius 2 is 1.88 bits per heavy atom. The van der Waals surface area contributed by atoms with Crippen molar-refractivity contribution in [3.05, 3.63) is 41.6 Å². The zero-order valence-corrected chi connectivity index (χ0v) is 10.3. The van der Waals surface area contributed by atoms with E-state index >= 15 is 0 Å². The Morgan fingerprint density at radius 3 is 2.53 bits per heavy atom. The van der Waals surface area contributed by atoms with E-state index < -0.39 is 0 Å². The summed E-state index contributed by atoms with van der Waals surface area (Å²) in [6.45, 7) is 3.06. The molecule has 0 saturated carbocycles. The zero-order valence-electron chi connectivity index (χ0n) is 10.3. The molecule has 0 saturated heterocycles. The lowest BCUT2D eigenvalue weighted by Gasteiger charge is -2.29. The van der Waals surface area contributed by atoms with E-state index in [4.69, 9.17) is 0 Å². The maximum atomic E-state index is 9.22. The van der Waals surface area contributed by atoms with Crippen molar-refractivity contribution in [1.29, 1.82) is 5.26 Å². The Morgan fingerprint density at radius 1 is 1.18 bits per heavy atom. The smallest absolute Gasteiger partial charge is 0.0965 e. The van der Waals surface area contributed by atoms with Gasteiger partial charge in [0.05, 0.1) is 6.07 Å². The van der Waals surface area contributed by atoms with Crippen molar-refractivity contribution in [1.82, 2.24) is 0 Å². The molecule has 0 aliphatic heterocycles. The normalized spacial score (nSPS) is 15.5. The van der Waals surface area contributed by atoms with E-state index in [1.807, 2.05) is 18.2 Å². The monoisotopic (exact) mass is 226 g/mol. The molecule has 0 N–H and O–H groups in total. The topological polar surface area (TPSA) is 27.0 Å². The van der Waals surface area contributed by atoms with E-state index in [-0.39, 0.29) is 0 Å². The number of hydrogen-bond donors (Lipinski definition) is 0. The van der Waals surface area contributed by atoms with Gasteiger partial charge in [-0.25, -0.2) is 0 Å². The maximum absolute atomic E-state index is 9.22. The summed E-state index contributed by atoms with van der Waals surface area (Å²) in [6.07, 6.45) is 4.32. The molecule has 2 heteroatoms. The van der Waals surface area contributed by atoms with Crippen molar-refractivity contribution in [3.63, 3.8) is 0 Å². The fourth-order valence-electron chi connectivity index (χ4n) is 2.44. The van der Waals surface area contributed by atoms with Crippen LogP contribution < -0.4 is 4.90 Å². The Labute approximate surface area is 103 Å². The number of hydrogen-bond acceptors (Lipinski definition) is 2. The van der Waals surface area contributed by atoms with Gasteiger partial charge in [0.25, 0.3) is 0 Å². The first-order valence-corrected chi connectivity index (χ1v) is 6.31. The van der Waals surface area contributed by atoms with Gasteiger partial charge in [-0.2, -0.15) is 5.26 Å². The second-order valence-electron chi connectivity index (χ2n) is 4.32. The van der Waals surface area contributed by atoms with E-state index in [1.54, 1.807) is 0 Å². The summed E-state index contributed by atoms with van der Waals surface area (Å²) >= 11 is 0. The van der Waals surface area contributed by atoms with Crippen molar-refractivity contribution < 1.29 is 0 Å². The third-order valence-corrected chi connectivity index (χ3v) is 3.28. The van der Waals surface area contributed by atoms with E-state index in [0.29, 0.717) is 0 Å². The second kappa shape index (κ2) is 5.54. The minimum absolute atomic E-state index is 0.921. The highest BCUT2D eigenvalue weighted by molar-refractivity contribution is 5.54. The van der Waals surface area contributed by atoms with Gasteiger partial charge in [-0.1, -0.05) is 18.2 Å². The van der Waals surface area contributed by atoms with E-state index in [2.05, 4.69) is 30.0 Å². The third kappa shape index (κ3) is 2.50. The Hall–Kier alpha value is -1.75. The highest BCUT2D eigenvalue weighted by atomic mass is 15.1. The van der Waals surface area contributed by atoms with Crippen LogP contribution >= 0.6 is 0 Å². The Balaban J connectivity index is 2.36. The molecule has 0 aromatic heterocycles. The highest BCUT2D eigenvalue weighted by Crippen LogP contribution is 2.30. The van der Waals surface area contributed by atoms with Crippen LogP contribution in [0.1, 0.15) is 32.6 Å². The Kier molecular flexibility index (Phi) is 3.82. The SMILES string of the molecule is CCN(C1=C(C#N)CCCC1)c1ccccc1. The summed E-state index contributed by atoms with van der Waals surface area (Å²) in [5, 5.41) is 9.22. The van der Waals surface area contributed by atoms with Crippen LogP contribution in [0.15, 0.2) is 41.6 Å². The van der Waals surface area contributed by atoms with Crippen molar-refractivity contribution in [2.24, 2.45) is 0 Å². The summed E-state index contributed by atoms with van der Waals surface area (Å²) in [4.78, 5) is 2.28. The lowest BCUT2D eigenvalue weighted by Crippen LogP contribution is -2.24. The molecule has 0 atom stereocenters. The molecule has 88 valence electrons. The molecule has 0 radical (unpaired) electrons. The lowest BCUT2D eigenvalue weighted by molar-refractivity contribution is 0.660.